The molecule has 128 valence electrons. The van der Waals surface area contributed by atoms with Crippen LogP contribution in [0.3, 0.4) is 0 Å². The summed E-state index contributed by atoms with van der Waals surface area (Å²) in [6.45, 7) is 6.30. The van der Waals surface area contributed by atoms with Gasteiger partial charge < -0.3 is 5.32 Å². The maximum atomic E-state index is 12.2. The van der Waals surface area contributed by atoms with Gasteiger partial charge >= 0.3 is 0 Å². The summed E-state index contributed by atoms with van der Waals surface area (Å²) in [7, 11) is 0. The molecule has 0 aliphatic rings. The lowest BCUT2D eigenvalue weighted by Gasteiger charge is -2.18. The van der Waals surface area contributed by atoms with Crippen molar-refractivity contribution in [1.29, 1.82) is 0 Å². The van der Waals surface area contributed by atoms with E-state index < -0.39 is 0 Å². The minimum Gasteiger partial charge on any atom is -0.349 e. The maximum absolute atomic E-state index is 12.2. The van der Waals surface area contributed by atoms with Gasteiger partial charge in [-0.05, 0) is 48.6 Å². The zero-order valence-corrected chi connectivity index (χ0v) is 16.0. The smallest absolute Gasteiger partial charge is 0.230 e. The molecule has 0 radical (unpaired) electrons. The first kappa shape index (κ1) is 18.9. The van der Waals surface area contributed by atoms with Gasteiger partial charge in [0.25, 0.3) is 0 Å². The van der Waals surface area contributed by atoms with Gasteiger partial charge in [-0.2, -0.15) is 0 Å². The van der Waals surface area contributed by atoms with Crippen LogP contribution in [0.2, 0.25) is 5.02 Å². The van der Waals surface area contributed by atoms with Crippen molar-refractivity contribution in [2.75, 3.05) is 5.75 Å². The van der Waals surface area contributed by atoms with Crippen molar-refractivity contribution in [1.82, 2.24) is 5.32 Å². The average Bonchev–Trinajstić information content (AvgIpc) is 2.57. The molecule has 0 spiro atoms. The van der Waals surface area contributed by atoms with Crippen molar-refractivity contribution >= 4 is 29.3 Å². The predicted octanol–water partition coefficient (Wildman–Crippen LogP) is 5.46. The third kappa shape index (κ3) is 5.29. The van der Waals surface area contributed by atoms with E-state index in [1.807, 2.05) is 24.3 Å². The molecule has 1 N–H and O–H groups in total. The van der Waals surface area contributed by atoms with Gasteiger partial charge in [0.15, 0.2) is 0 Å². The number of hydrogen-bond acceptors (Lipinski definition) is 2. The Balaban J connectivity index is 1.88. The highest BCUT2D eigenvalue weighted by Crippen LogP contribution is 2.22. The third-order valence-corrected chi connectivity index (χ3v) is 5.48. The molecule has 0 bridgehead atoms. The fourth-order valence-corrected chi connectivity index (χ4v) is 3.63. The van der Waals surface area contributed by atoms with Gasteiger partial charge in [-0.1, -0.05) is 54.9 Å². The van der Waals surface area contributed by atoms with Crippen molar-refractivity contribution in [3.05, 3.63) is 69.7 Å². The molecule has 2 aromatic carbocycles. The van der Waals surface area contributed by atoms with E-state index in [-0.39, 0.29) is 11.9 Å². The molecule has 2 rings (SSSR count). The Hall–Kier alpha value is -1.45. The second-order valence-electron chi connectivity index (χ2n) is 5.96. The summed E-state index contributed by atoms with van der Waals surface area (Å²) in [5, 5.41) is 3.89. The molecule has 0 saturated carbocycles. The van der Waals surface area contributed by atoms with Crippen LogP contribution >= 0.6 is 23.4 Å². The van der Waals surface area contributed by atoms with E-state index in [0.29, 0.717) is 5.75 Å². The molecule has 0 aliphatic heterocycles. The van der Waals surface area contributed by atoms with Gasteiger partial charge in [0.2, 0.25) is 5.91 Å². The maximum Gasteiger partial charge on any atom is 0.230 e. The van der Waals surface area contributed by atoms with Gasteiger partial charge in [-0.25, -0.2) is 0 Å². The van der Waals surface area contributed by atoms with Crippen LogP contribution in [0, 0.1) is 13.8 Å². The Morgan fingerprint density at radius 1 is 1.17 bits per heavy atom. The van der Waals surface area contributed by atoms with Gasteiger partial charge in [0.05, 0.1) is 11.8 Å². The third-order valence-electron chi connectivity index (χ3n) is 4.13. The average molecular weight is 362 g/mol. The highest BCUT2D eigenvalue weighted by Gasteiger charge is 2.13. The molecule has 0 saturated heterocycles. The first-order chi connectivity index (χ1) is 11.5. The Morgan fingerprint density at radius 2 is 1.92 bits per heavy atom. The van der Waals surface area contributed by atoms with Gasteiger partial charge in [-0.15, -0.1) is 11.8 Å². The van der Waals surface area contributed by atoms with E-state index in [2.05, 4.69) is 44.3 Å². The largest absolute Gasteiger partial charge is 0.349 e. The summed E-state index contributed by atoms with van der Waals surface area (Å²) < 4.78 is 0. The Labute approximate surface area is 154 Å². The van der Waals surface area contributed by atoms with Crippen LogP contribution in [0.15, 0.2) is 42.5 Å². The highest BCUT2D eigenvalue weighted by molar-refractivity contribution is 7.99. The Morgan fingerprint density at radius 3 is 2.58 bits per heavy atom. The van der Waals surface area contributed by atoms with Crippen molar-refractivity contribution in [3.8, 4) is 0 Å². The normalized spacial score (nSPS) is 12.0. The van der Waals surface area contributed by atoms with Crippen molar-refractivity contribution < 1.29 is 4.79 Å². The second-order valence-corrected chi connectivity index (χ2v) is 7.35. The minimum absolute atomic E-state index is 0.0668. The molecule has 0 heterocycles. The molecular formula is C20H24ClNOS. The van der Waals surface area contributed by atoms with Crippen LogP contribution in [0.5, 0.6) is 0 Å². The number of halogens is 1. The zero-order valence-electron chi connectivity index (χ0n) is 14.4. The number of aryl methyl sites for hydroxylation is 2. The first-order valence-electron chi connectivity index (χ1n) is 8.19. The number of benzene rings is 2. The Kier molecular flexibility index (Phi) is 7.19. The van der Waals surface area contributed by atoms with Crippen molar-refractivity contribution in [3.63, 3.8) is 0 Å². The van der Waals surface area contributed by atoms with E-state index in [9.17, 15) is 4.79 Å². The zero-order chi connectivity index (χ0) is 17.5. The minimum atomic E-state index is 0.0668. The number of amides is 1. The second kappa shape index (κ2) is 9.14. The lowest BCUT2D eigenvalue weighted by atomic mass is 9.99. The monoisotopic (exact) mass is 361 g/mol. The number of rotatable bonds is 7. The van der Waals surface area contributed by atoms with Crippen molar-refractivity contribution in [2.45, 2.75) is 39.0 Å². The molecule has 2 aromatic rings. The van der Waals surface area contributed by atoms with Gasteiger partial charge in [-0.3, -0.25) is 4.79 Å². The quantitative estimate of drug-likeness (QED) is 0.709. The molecule has 0 aromatic heterocycles. The van der Waals surface area contributed by atoms with E-state index in [1.54, 1.807) is 11.8 Å². The first-order valence-corrected chi connectivity index (χ1v) is 9.72. The van der Waals surface area contributed by atoms with Crippen LogP contribution in [0.4, 0.5) is 0 Å². The molecule has 0 unspecified atom stereocenters. The molecule has 2 nitrogen and oxygen atoms in total. The lowest BCUT2D eigenvalue weighted by molar-refractivity contribution is -0.119. The Bertz CT molecular complexity index is 702. The molecule has 1 amide bonds. The summed E-state index contributed by atoms with van der Waals surface area (Å²) in [4.78, 5) is 12.2. The predicted molar refractivity (Wildman–Crippen MR) is 105 cm³/mol. The molecular weight excluding hydrogens is 338 g/mol. The van der Waals surface area contributed by atoms with Crippen LogP contribution in [0.25, 0.3) is 0 Å². The summed E-state index contributed by atoms with van der Waals surface area (Å²) in [6, 6.07) is 14.2. The number of hydrogen-bond donors (Lipinski definition) is 1. The van der Waals surface area contributed by atoms with E-state index in [0.717, 1.165) is 22.8 Å². The number of thioether (sulfide) groups is 1. The SMILES string of the molecule is CC[C@H](NC(=O)CSCc1ccccc1Cl)c1ccc(C)c(C)c1. The van der Waals surface area contributed by atoms with Gasteiger partial charge in [0, 0.05) is 10.8 Å². The standard InChI is InChI=1S/C20H24ClNOS/c1-4-19(16-10-9-14(2)15(3)11-16)22-20(23)13-24-12-17-7-5-6-8-18(17)21/h5-11,19H,4,12-13H2,1-3H3,(H,22,23)/t19-/m0/s1. The van der Waals surface area contributed by atoms with E-state index in [1.165, 1.54) is 16.7 Å². The van der Waals surface area contributed by atoms with Gasteiger partial charge in [0.1, 0.15) is 0 Å². The fourth-order valence-electron chi connectivity index (χ4n) is 2.51. The van der Waals surface area contributed by atoms with E-state index >= 15 is 0 Å². The van der Waals surface area contributed by atoms with E-state index in [4.69, 9.17) is 11.6 Å². The molecule has 1 atom stereocenters. The lowest BCUT2D eigenvalue weighted by Crippen LogP contribution is -2.29. The molecule has 0 aliphatic carbocycles. The number of carbonyl (C=O) groups is 1. The fraction of sp³-hybridized carbons (Fsp3) is 0.350. The summed E-state index contributed by atoms with van der Waals surface area (Å²) in [6.07, 6.45) is 0.878. The van der Waals surface area contributed by atoms with Crippen LogP contribution in [-0.2, 0) is 10.5 Å². The number of carbonyl (C=O) groups excluding carboxylic acids is 1. The van der Waals surface area contributed by atoms with Crippen molar-refractivity contribution in [2.24, 2.45) is 0 Å². The van der Waals surface area contributed by atoms with Crippen LogP contribution < -0.4 is 5.32 Å². The highest BCUT2D eigenvalue weighted by atomic mass is 35.5. The van der Waals surface area contributed by atoms with Crippen LogP contribution in [-0.4, -0.2) is 11.7 Å². The summed E-state index contributed by atoms with van der Waals surface area (Å²) in [5.41, 5.74) is 4.77. The summed E-state index contributed by atoms with van der Waals surface area (Å²) >= 11 is 7.73. The molecule has 4 heteroatoms. The molecule has 24 heavy (non-hydrogen) atoms. The topological polar surface area (TPSA) is 29.1 Å². The number of nitrogens with one attached hydrogen (secondary N) is 1. The molecule has 0 fully saturated rings. The van der Waals surface area contributed by atoms with Crippen LogP contribution in [0.1, 0.15) is 41.6 Å². The summed E-state index contributed by atoms with van der Waals surface area (Å²) in [5.74, 6) is 1.25.